The predicted molar refractivity (Wildman–Crippen MR) is 77.8 cm³/mol. The second kappa shape index (κ2) is 5.46. The molecule has 104 valence electrons. The number of anilines is 1. The van der Waals surface area contributed by atoms with Crippen LogP contribution in [0.25, 0.3) is 10.2 Å². The Labute approximate surface area is 119 Å². The average Bonchev–Trinajstić information content (AvgIpc) is 3.04. The summed E-state index contributed by atoms with van der Waals surface area (Å²) in [5.74, 6) is -0.153. The molecule has 20 heavy (non-hydrogen) atoms. The molecule has 0 aromatic carbocycles. The van der Waals surface area contributed by atoms with E-state index in [4.69, 9.17) is 0 Å². The zero-order chi connectivity index (χ0) is 13.9. The van der Waals surface area contributed by atoms with Crippen molar-refractivity contribution in [3.05, 3.63) is 23.7 Å². The number of urea groups is 1. The highest BCUT2D eigenvalue weighted by Crippen LogP contribution is 2.26. The van der Waals surface area contributed by atoms with Crippen LogP contribution in [0.5, 0.6) is 0 Å². The number of rotatable bonds is 5. The van der Waals surface area contributed by atoms with Crippen LogP contribution in [0.2, 0.25) is 0 Å². The molecule has 0 bridgehead atoms. The summed E-state index contributed by atoms with van der Waals surface area (Å²) in [5.41, 5.74) is 2.02. The maximum Gasteiger partial charge on any atom is 0.324 e. The van der Waals surface area contributed by atoms with E-state index in [9.17, 15) is 9.59 Å². The van der Waals surface area contributed by atoms with Crippen molar-refractivity contribution < 1.29 is 9.59 Å². The lowest BCUT2D eigenvalue weighted by Crippen LogP contribution is -2.32. The minimum absolute atomic E-state index is 0.117. The number of nitrogens with one attached hydrogen (secondary N) is 2. The fraction of sp³-hybridized carbons (Fsp3) is 0.308. The van der Waals surface area contributed by atoms with Gasteiger partial charge in [-0.1, -0.05) is 0 Å². The van der Waals surface area contributed by atoms with E-state index in [1.54, 1.807) is 17.5 Å². The molecular formula is C13H14N4O2S. The molecule has 0 radical (unpaired) electrons. The Morgan fingerprint density at radius 1 is 1.40 bits per heavy atom. The molecule has 3 rings (SSSR count). The molecule has 0 atom stereocenters. The van der Waals surface area contributed by atoms with Gasteiger partial charge in [-0.3, -0.25) is 14.7 Å². The summed E-state index contributed by atoms with van der Waals surface area (Å²) in [6.45, 7) is 1.26. The van der Waals surface area contributed by atoms with Crippen molar-refractivity contribution in [3.8, 4) is 0 Å². The van der Waals surface area contributed by atoms with E-state index in [-0.39, 0.29) is 18.5 Å². The molecule has 1 saturated heterocycles. The highest BCUT2D eigenvalue weighted by atomic mass is 32.1. The monoisotopic (exact) mass is 290 g/mol. The fourth-order valence-electron chi connectivity index (χ4n) is 2.15. The molecule has 1 aliphatic heterocycles. The van der Waals surface area contributed by atoms with Crippen molar-refractivity contribution in [2.75, 3.05) is 25.0 Å². The number of hydrogen-bond donors (Lipinski definition) is 2. The third-order valence-electron chi connectivity index (χ3n) is 3.15. The summed E-state index contributed by atoms with van der Waals surface area (Å²) in [6, 6.07) is 3.63. The lowest BCUT2D eigenvalue weighted by molar-refractivity contribution is -0.124. The summed E-state index contributed by atoms with van der Waals surface area (Å²) in [7, 11) is 0. The molecule has 2 aromatic rings. The molecule has 0 unspecified atom stereocenters. The molecule has 2 N–H and O–H groups in total. The minimum Gasteiger partial charge on any atom is -0.384 e. The van der Waals surface area contributed by atoms with Crippen LogP contribution in [-0.4, -0.2) is 41.5 Å². The van der Waals surface area contributed by atoms with E-state index in [2.05, 4.69) is 15.6 Å². The van der Waals surface area contributed by atoms with E-state index in [0.717, 1.165) is 15.9 Å². The molecule has 6 nitrogen and oxygen atoms in total. The largest absolute Gasteiger partial charge is 0.384 e. The zero-order valence-corrected chi connectivity index (χ0v) is 11.6. The smallest absolute Gasteiger partial charge is 0.324 e. The molecule has 7 heteroatoms. The van der Waals surface area contributed by atoms with Gasteiger partial charge in [0.15, 0.2) is 0 Å². The Balaban J connectivity index is 1.54. The van der Waals surface area contributed by atoms with Gasteiger partial charge < -0.3 is 10.6 Å². The van der Waals surface area contributed by atoms with Crippen molar-refractivity contribution in [3.63, 3.8) is 0 Å². The number of hydrogen-bond acceptors (Lipinski definition) is 5. The summed E-state index contributed by atoms with van der Waals surface area (Å²) >= 11 is 1.64. The molecule has 3 amide bonds. The summed E-state index contributed by atoms with van der Waals surface area (Å²) in [4.78, 5) is 28.3. The molecular weight excluding hydrogens is 276 g/mol. The number of aromatic nitrogens is 1. The van der Waals surface area contributed by atoms with Crippen molar-refractivity contribution in [1.29, 1.82) is 0 Å². The number of amides is 3. The highest BCUT2D eigenvalue weighted by molar-refractivity contribution is 7.17. The van der Waals surface area contributed by atoms with E-state index in [1.165, 1.54) is 4.90 Å². The molecule has 3 heterocycles. The SMILES string of the molecule is O=C1CNC(=O)N1CCCNc1ccnc2ccsc12. The quantitative estimate of drug-likeness (QED) is 0.648. The lowest BCUT2D eigenvalue weighted by atomic mass is 10.3. The van der Waals surface area contributed by atoms with Crippen molar-refractivity contribution in [2.45, 2.75) is 6.42 Å². The summed E-state index contributed by atoms with van der Waals surface area (Å²) in [5, 5.41) is 7.85. The number of thiophene rings is 1. The molecule has 0 aliphatic carbocycles. The summed E-state index contributed by atoms with van der Waals surface area (Å²) in [6.07, 6.45) is 2.49. The maximum atomic E-state index is 11.4. The van der Waals surface area contributed by atoms with Gasteiger partial charge in [0.25, 0.3) is 0 Å². The lowest BCUT2D eigenvalue weighted by Gasteiger charge is -2.13. The second-order valence-corrected chi connectivity index (χ2v) is 5.39. The Hall–Kier alpha value is -2.15. The summed E-state index contributed by atoms with van der Waals surface area (Å²) < 4.78 is 1.13. The van der Waals surface area contributed by atoms with E-state index in [0.29, 0.717) is 19.5 Å². The number of carbonyl (C=O) groups excluding carboxylic acids is 2. The molecule has 2 aromatic heterocycles. The average molecular weight is 290 g/mol. The van der Waals surface area contributed by atoms with Crippen LogP contribution < -0.4 is 10.6 Å². The number of imide groups is 1. The number of fused-ring (bicyclic) bond motifs is 1. The third kappa shape index (κ3) is 2.44. The van der Waals surface area contributed by atoms with Crippen LogP contribution in [-0.2, 0) is 4.79 Å². The third-order valence-corrected chi connectivity index (χ3v) is 4.09. The Bertz CT molecular complexity index is 639. The van der Waals surface area contributed by atoms with E-state index >= 15 is 0 Å². The van der Waals surface area contributed by atoms with Gasteiger partial charge in [0.2, 0.25) is 5.91 Å². The van der Waals surface area contributed by atoms with Gasteiger partial charge in [-0.05, 0) is 23.9 Å². The van der Waals surface area contributed by atoms with Gasteiger partial charge in [-0.25, -0.2) is 4.79 Å². The highest BCUT2D eigenvalue weighted by Gasteiger charge is 2.27. The molecule has 1 fully saturated rings. The molecule has 0 saturated carbocycles. The number of nitrogens with zero attached hydrogens (tertiary/aromatic N) is 2. The van der Waals surface area contributed by atoms with Crippen molar-refractivity contribution >= 4 is 39.2 Å². The van der Waals surface area contributed by atoms with Crippen molar-refractivity contribution in [1.82, 2.24) is 15.2 Å². The fourth-order valence-corrected chi connectivity index (χ4v) is 3.00. The Morgan fingerprint density at radius 3 is 3.10 bits per heavy atom. The van der Waals surface area contributed by atoms with E-state index < -0.39 is 0 Å². The van der Waals surface area contributed by atoms with Crippen LogP contribution in [0, 0.1) is 0 Å². The first kappa shape index (κ1) is 12.9. The van der Waals surface area contributed by atoms with Gasteiger partial charge in [-0.2, -0.15) is 0 Å². The van der Waals surface area contributed by atoms with Gasteiger partial charge in [0, 0.05) is 19.3 Å². The van der Waals surface area contributed by atoms with Crippen LogP contribution >= 0.6 is 11.3 Å². The zero-order valence-electron chi connectivity index (χ0n) is 10.8. The van der Waals surface area contributed by atoms with Gasteiger partial charge in [-0.15, -0.1) is 11.3 Å². The minimum atomic E-state index is -0.292. The molecule has 0 spiro atoms. The van der Waals surface area contributed by atoms with Gasteiger partial charge in [0.1, 0.15) is 0 Å². The van der Waals surface area contributed by atoms with Gasteiger partial charge in [0.05, 0.1) is 22.4 Å². The van der Waals surface area contributed by atoms with E-state index in [1.807, 2.05) is 17.5 Å². The first-order valence-electron chi connectivity index (χ1n) is 6.40. The molecule has 1 aliphatic rings. The van der Waals surface area contributed by atoms with Crippen molar-refractivity contribution in [2.24, 2.45) is 0 Å². The Morgan fingerprint density at radius 2 is 2.30 bits per heavy atom. The first-order chi connectivity index (χ1) is 9.75. The first-order valence-corrected chi connectivity index (χ1v) is 7.28. The predicted octanol–water partition coefficient (Wildman–Crippen LogP) is 1.65. The maximum absolute atomic E-state index is 11.4. The standard InChI is InChI=1S/C13H14N4O2S/c18-11-8-16-13(19)17(11)6-1-4-14-9-2-5-15-10-3-7-20-12(9)10/h2-3,5,7H,1,4,6,8H2,(H,14,15)(H,16,19). The Kier molecular flexibility index (Phi) is 3.51. The van der Waals surface area contributed by atoms with Crippen LogP contribution in [0.4, 0.5) is 10.5 Å². The van der Waals surface area contributed by atoms with Crippen LogP contribution in [0.3, 0.4) is 0 Å². The number of carbonyl (C=O) groups is 2. The van der Waals surface area contributed by atoms with Gasteiger partial charge >= 0.3 is 6.03 Å². The second-order valence-electron chi connectivity index (χ2n) is 4.48. The normalized spacial score (nSPS) is 14.9. The topological polar surface area (TPSA) is 74.3 Å². The number of pyridine rings is 1. The van der Waals surface area contributed by atoms with Crippen LogP contribution in [0.15, 0.2) is 23.7 Å². The van der Waals surface area contributed by atoms with Crippen LogP contribution in [0.1, 0.15) is 6.42 Å².